The fourth-order valence-electron chi connectivity index (χ4n) is 5.54. The monoisotopic (exact) mass is 639 g/mol. The minimum absolute atomic E-state index is 0.00353. The maximum absolute atomic E-state index is 13.9. The molecule has 0 radical (unpaired) electrons. The molecule has 4 aromatic carbocycles. The number of hydrogen-bond donors (Lipinski definition) is 0. The molecule has 2 amide bonds. The molecule has 0 spiro atoms. The minimum Gasteiger partial charge on any atom is -0.368 e. The van der Waals surface area contributed by atoms with E-state index in [-0.39, 0.29) is 52.1 Å². The Kier molecular flexibility index (Phi) is 7.63. The number of fused-ring (bicyclic) bond motifs is 2. The van der Waals surface area contributed by atoms with Crippen LogP contribution in [0.15, 0.2) is 101 Å². The van der Waals surface area contributed by atoms with E-state index >= 15 is 0 Å². The molecule has 12 heteroatoms. The maximum atomic E-state index is 13.9. The van der Waals surface area contributed by atoms with E-state index in [1.165, 1.54) is 41.3 Å². The smallest absolute Gasteiger partial charge is 0.368 e. The van der Waals surface area contributed by atoms with E-state index in [0.29, 0.717) is 29.4 Å². The molecule has 0 unspecified atom stereocenters. The summed E-state index contributed by atoms with van der Waals surface area (Å²) in [7, 11) is -4.12. The van der Waals surface area contributed by atoms with Crippen LogP contribution in [0.25, 0.3) is 0 Å². The highest BCUT2D eigenvalue weighted by molar-refractivity contribution is 7.91. The van der Waals surface area contributed by atoms with Crippen molar-refractivity contribution in [2.75, 3.05) is 36.0 Å². The summed E-state index contributed by atoms with van der Waals surface area (Å²) >= 11 is 6.18. The Labute approximate surface area is 257 Å². The van der Waals surface area contributed by atoms with Crippen molar-refractivity contribution in [1.82, 2.24) is 4.90 Å². The molecule has 1 saturated heterocycles. The average molecular weight is 640 g/mol. The lowest BCUT2D eigenvalue weighted by Gasteiger charge is -2.36. The normalized spacial score (nSPS) is 16.3. The van der Waals surface area contributed by atoms with Crippen molar-refractivity contribution < 1.29 is 31.2 Å². The predicted octanol–water partition coefficient (Wildman–Crippen LogP) is 6.31. The number of piperazine rings is 1. The Morgan fingerprint density at radius 2 is 1.55 bits per heavy atom. The Morgan fingerprint density at radius 3 is 2.27 bits per heavy atom. The second-order valence-electron chi connectivity index (χ2n) is 10.5. The van der Waals surface area contributed by atoms with Gasteiger partial charge in [0.05, 0.1) is 33.2 Å². The van der Waals surface area contributed by atoms with Crippen LogP contribution in [-0.2, 0) is 22.6 Å². The third-order valence-electron chi connectivity index (χ3n) is 7.77. The molecule has 0 atom stereocenters. The van der Waals surface area contributed by atoms with Crippen molar-refractivity contribution >= 4 is 44.6 Å². The van der Waals surface area contributed by atoms with E-state index in [4.69, 9.17) is 11.6 Å². The van der Waals surface area contributed by atoms with Crippen LogP contribution in [0.5, 0.6) is 0 Å². The lowest BCUT2D eigenvalue weighted by molar-refractivity contribution is -0.137. The topological polar surface area (TPSA) is 78.0 Å². The summed E-state index contributed by atoms with van der Waals surface area (Å²) < 4.78 is 67.2. The van der Waals surface area contributed by atoms with Gasteiger partial charge >= 0.3 is 6.18 Å². The number of amides is 2. The lowest BCUT2D eigenvalue weighted by Crippen LogP contribution is -2.48. The van der Waals surface area contributed by atoms with Gasteiger partial charge in [-0.25, -0.2) is 8.42 Å². The number of halogens is 4. The van der Waals surface area contributed by atoms with Gasteiger partial charge < -0.3 is 14.7 Å². The van der Waals surface area contributed by atoms with Crippen molar-refractivity contribution in [2.24, 2.45) is 0 Å². The van der Waals surface area contributed by atoms with Gasteiger partial charge in [0.25, 0.3) is 11.8 Å². The summed E-state index contributed by atoms with van der Waals surface area (Å²) in [4.78, 5) is 32.0. The van der Waals surface area contributed by atoms with Crippen LogP contribution in [0.2, 0.25) is 5.02 Å². The number of benzene rings is 4. The van der Waals surface area contributed by atoms with Crippen LogP contribution in [0.4, 0.5) is 24.5 Å². The van der Waals surface area contributed by atoms with E-state index < -0.39 is 27.5 Å². The highest BCUT2D eigenvalue weighted by Crippen LogP contribution is 2.39. The third kappa shape index (κ3) is 5.53. The lowest BCUT2D eigenvalue weighted by atomic mass is 10.1. The Balaban J connectivity index is 1.32. The van der Waals surface area contributed by atoms with Gasteiger partial charge in [-0.3, -0.25) is 9.59 Å². The second kappa shape index (κ2) is 11.3. The molecule has 0 saturated carbocycles. The van der Waals surface area contributed by atoms with E-state index in [9.17, 15) is 31.2 Å². The van der Waals surface area contributed by atoms with Gasteiger partial charge in [0, 0.05) is 42.5 Å². The van der Waals surface area contributed by atoms with Crippen LogP contribution in [0.1, 0.15) is 31.8 Å². The van der Waals surface area contributed by atoms with Crippen molar-refractivity contribution in [3.05, 3.63) is 118 Å². The van der Waals surface area contributed by atoms with Gasteiger partial charge in [-0.15, -0.1) is 0 Å². The summed E-state index contributed by atoms with van der Waals surface area (Å²) in [5.74, 6) is -0.923. The quantitative estimate of drug-likeness (QED) is 0.261. The van der Waals surface area contributed by atoms with Gasteiger partial charge in [-0.2, -0.15) is 13.2 Å². The zero-order valence-electron chi connectivity index (χ0n) is 23.1. The fourth-order valence-corrected chi connectivity index (χ4v) is 7.39. The molecular weight excluding hydrogens is 615 g/mol. The third-order valence-corrected chi connectivity index (χ3v) is 9.87. The molecule has 226 valence electrons. The first kappa shape index (κ1) is 29.7. The average Bonchev–Trinajstić information content (AvgIpc) is 3.08. The zero-order chi connectivity index (χ0) is 31.2. The highest BCUT2D eigenvalue weighted by Gasteiger charge is 2.37. The van der Waals surface area contributed by atoms with E-state index in [0.717, 1.165) is 12.1 Å². The number of carbonyl (C=O) groups is 2. The zero-order valence-corrected chi connectivity index (χ0v) is 24.7. The summed E-state index contributed by atoms with van der Waals surface area (Å²) in [6.07, 6.45) is -4.46. The summed E-state index contributed by atoms with van der Waals surface area (Å²) in [5, 5.41) is 0.450. The molecule has 0 bridgehead atoms. The van der Waals surface area contributed by atoms with Crippen molar-refractivity contribution in [3.63, 3.8) is 0 Å². The Bertz CT molecular complexity index is 1890. The first-order valence-electron chi connectivity index (χ1n) is 13.7. The van der Waals surface area contributed by atoms with Crippen molar-refractivity contribution in [1.29, 1.82) is 0 Å². The molecular formula is C32H25ClF3N3O4S. The van der Waals surface area contributed by atoms with E-state index in [2.05, 4.69) is 0 Å². The minimum atomic E-state index is -4.46. The Hall–Kier alpha value is -4.35. The summed E-state index contributed by atoms with van der Waals surface area (Å²) in [5.41, 5.74) is 0.602. The molecule has 7 nitrogen and oxygen atoms in total. The van der Waals surface area contributed by atoms with Gasteiger partial charge in [-0.05, 0) is 66.2 Å². The predicted molar refractivity (Wildman–Crippen MR) is 160 cm³/mol. The maximum Gasteiger partial charge on any atom is 0.416 e. The molecule has 0 aliphatic carbocycles. The molecule has 44 heavy (non-hydrogen) atoms. The van der Waals surface area contributed by atoms with Crippen LogP contribution >= 0.6 is 11.6 Å². The molecule has 2 heterocycles. The number of rotatable bonds is 4. The molecule has 4 aromatic rings. The van der Waals surface area contributed by atoms with Crippen LogP contribution in [-0.4, -0.2) is 51.3 Å². The van der Waals surface area contributed by atoms with Gasteiger partial charge in [0.1, 0.15) is 0 Å². The highest BCUT2D eigenvalue weighted by atomic mass is 35.5. The first-order chi connectivity index (χ1) is 20.9. The van der Waals surface area contributed by atoms with Crippen LogP contribution < -0.4 is 9.80 Å². The molecule has 2 aliphatic heterocycles. The number of carbonyl (C=O) groups excluding carboxylic acids is 2. The number of hydrogen-bond acceptors (Lipinski definition) is 5. The van der Waals surface area contributed by atoms with Crippen LogP contribution in [0.3, 0.4) is 0 Å². The second-order valence-corrected chi connectivity index (χ2v) is 12.9. The molecule has 0 N–H and O–H groups in total. The van der Waals surface area contributed by atoms with Gasteiger partial charge in [-0.1, -0.05) is 41.9 Å². The number of alkyl halides is 3. The molecule has 2 aliphatic rings. The van der Waals surface area contributed by atoms with Crippen molar-refractivity contribution in [2.45, 2.75) is 22.5 Å². The first-order valence-corrected chi connectivity index (χ1v) is 15.6. The van der Waals surface area contributed by atoms with E-state index in [1.807, 2.05) is 0 Å². The summed E-state index contributed by atoms with van der Waals surface area (Å²) in [6, 6.07) is 22.1. The molecule has 1 fully saturated rings. The summed E-state index contributed by atoms with van der Waals surface area (Å²) in [6.45, 7) is 1.09. The SMILES string of the molecule is O=C(c1ccc2c(c1)N(Cc1cccc(Cl)c1)C(=O)c1ccccc1S2(=O)=O)N1CCN(c2cccc(C(F)(F)F)c2)CC1. The largest absolute Gasteiger partial charge is 0.416 e. The van der Waals surface area contributed by atoms with E-state index in [1.54, 1.807) is 52.3 Å². The van der Waals surface area contributed by atoms with Crippen LogP contribution in [0, 0.1) is 0 Å². The Morgan fingerprint density at radius 1 is 0.818 bits per heavy atom. The van der Waals surface area contributed by atoms with Gasteiger partial charge in [0.2, 0.25) is 9.84 Å². The number of sulfone groups is 1. The molecule has 0 aromatic heterocycles. The fraction of sp³-hybridized carbons (Fsp3) is 0.188. The van der Waals surface area contributed by atoms with Crippen molar-refractivity contribution in [3.8, 4) is 0 Å². The number of anilines is 2. The van der Waals surface area contributed by atoms with Gasteiger partial charge in [0.15, 0.2) is 0 Å². The standard InChI is InChI=1S/C32H25ClF3N3O4S/c33-24-7-3-5-21(17-24)20-39-27-18-22(11-12-29(27)44(42,43)28-10-2-1-9-26(28)31(39)41)30(40)38-15-13-37(14-16-38)25-8-4-6-23(19-25)32(34,35)36/h1-12,17-19H,13-16,20H2. The molecule has 6 rings (SSSR count). The number of nitrogens with zero attached hydrogens (tertiary/aromatic N) is 3.